The van der Waals surface area contributed by atoms with Crippen LogP contribution in [0.4, 0.5) is 0 Å². The van der Waals surface area contributed by atoms with Crippen molar-refractivity contribution in [1.82, 2.24) is 0 Å². The maximum Gasteiger partial charge on any atom is 0.284 e. The fourth-order valence-corrected chi connectivity index (χ4v) is 10.5. The number of hydrogen-bond donors (Lipinski definition) is 4. The van der Waals surface area contributed by atoms with Gasteiger partial charge in [0.1, 0.15) is 35.1 Å². The zero-order valence-electron chi connectivity index (χ0n) is 23.5. The third kappa shape index (κ3) is 2.87. The molecular formula is C30H44O9. The van der Waals surface area contributed by atoms with Crippen molar-refractivity contribution in [3.8, 4) is 0 Å². The molecule has 1 unspecified atom stereocenters. The van der Waals surface area contributed by atoms with E-state index in [1.54, 1.807) is 0 Å². The molecule has 7 fully saturated rings. The van der Waals surface area contributed by atoms with Crippen LogP contribution in [0.5, 0.6) is 0 Å². The molecule has 9 nitrogen and oxygen atoms in total. The normalized spacial score (nSPS) is 61.5. The van der Waals surface area contributed by atoms with E-state index in [1.165, 1.54) is 6.92 Å². The van der Waals surface area contributed by atoms with Crippen LogP contribution in [0.2, 0.25) is 0 Å². The molecule has 14 atom stereocenters. The Hall–Kier alpha value is -0.910. The summed E-state index contributed by atoms with van der Waals surface area (Å²) in [6.45, 7) is 11.2. The van der Waals surface area contributed by atoms with Crippen LogP contribution in [-0.4, -0.2) is 85.1 Å². The summed E-state index contributed by atoms with van der Waals surface area (Å²) in [5.41, 5.74) is -7.21. The molecular weight excluding hydrogens is 504 g/mol. The summed E-state index contributed by atoms with van der Waals surface area (Å²) >= 11 is 0. The Bertz CT molecular complexity index is 1110. The van der Waals surface area contributed by atoms with E-state index in [1.807, 2.05) is 20.8 Å². The molecule has 0 aromatic heterocycles. The summed E-state index contributed by atoms with van der Waals surface area (Å²) in [7, 11) is 0. The third-order valence-corrected chi connectivity index (χ3v) is 12.2. The first-order valence-corrected chi connectivity index (χ1v) is 15.0. The zero-order valence-corrected chi connectivity index (χ0v) is 23.5. The minimum absolute atomic E-state index is 0.146. The van der Waals surface area contributed by atoms with Crippen molar-refractivity contribution < 1.29 is 44.2 Å². The molecule has 9 heteroatoms. The molecule has 4 heterocycles. The summed E-state index contributed by atoms with van der Waals surface area (Å²) in [6.07, 6.45) is 3.51. The van der Waals surface area contributed by atoms with Crippen LogP contribution in [0.25, 0.3) is 0 Å². The van der Waals surface area contributed by atoms with Gasteiger partial charge in [0.05, 0.1) is 12.2 Å². The summed E-state index contributed by atoms with van der Waals surface area (Å²) in [4.78, 5) is 14.2. The van der Waals surface area contributed by atoms with Crippen molar-refractivity contribution in [2.45, 2.75) is 131 Å². The molecule has 0 aromatic rings. The van der Waals surface area contributed by atoms with Gasteiger partial charge in [0, 0.05) is 24.2 Å². The Morgan fingerprint density at radius 3 is 2.41 bits per heavy atom. The van der Waals surface area contributed by atoms with Crippen molar-refractivity contribution in [2.75, 3.05) is 6.61 Å². The number of carbonyl (C=O) groups excluding carboxylic acids is 1. The van der Waals surface area contributed by atoms with Crippen molar-refractivity contribution in [2.24, 2.45) is 29.6 Å². The smallest absolute Gasteiger partial charge is 0.284 e. The lowest BCUT2D eigenvalue weighted by Gasteiger charge is -2.61. The van der Waals surface area contributed by atoms with Crippen LogP contribution in [0.3, 0.4) is 0 Å². The molecule has 3 aliphatic carbocycles. The molecule has 0 radical (unpaired) electrons. The number of rotatable bonds is 2. The van der Waals surface area contributed by atoms with Gasteiger partial charge in [-0.25, -0.2) is 0 Å². The number of aliphatic hydroxyl groups is 4. The van der Waals surface area contributed by atoms with E-state index in [2.05, 4.69) is 6.58 Å². The van der Waals surface area contributed by atoms with Crippen LogP contribution in [0.1, 0.15) is 79.1 Å². The summed E-state index contributed by atoms with van der Waals surface area (Å²) in [6, 6.07) is 0. The fourth-order valence-electron chi connectivity index (χ4n) is 10.5. The molecule has 2 spiro atoms. The SMILES string of the molecule is C=C(C)[C@]12C[C@@H](C)[C@]34OC5(CCCCCCC[C@@H](C)[C@@H]6[C@@H]3[C@@](O)(C(=O)[C@@]6(C)O)[C@H](O)[C@@]3(CO)O[C@H]3[C@H]4[C@H]1O5)O2. The quantitative estimate of drug-likeness (QED) is 0.301. The largest absolute Gasteiger partial charge is 0.393 e. The van der Waals surface area contributed by atoms with Gasteiger partial charge in [0.15, 0.2) is 11.4 Å². The molecule has 3 bridgehead atoms. The highest BCUT2D eigenvalue weighted by Crippen LogP contribution is 2.75. The molecule has 0 aromatic carbocycles. The summed E-state index contributed by atoms with van der Waals surface area (Å²) in [5.74, 6) is -4.88. The molecule has 3 saturated carbocycles. The lowest BCUT2D eigenvalue weighted by molar-refractivity contribution is -0.437. The Labute approximate surface area is 229 Å². The topological polar surface area (TPSA) is 138 Å². The lowest BCUT2D eigenvalue weighted by atomic mass is 9.51. The number of hydrogen-bond acceptors (Lipinski definition) is 9. The van der Waals surface area contributed by atoms with E-state index in [-0.39, 0.29) is 11.8 Å². The molecule has 4 aliphatic heterocycles. The van der Waals surface area contributed by atoms with Gasteiger partial charge in [-0.05, 0) is 44.1 Å². The van der Waals surface area contributed by atoms with Crippen molar-refractivity contribution in [3.63, 3.8) is 0 Å². The van der Waals surface area contributed by atoms with Crippen LogP contribution in [0.15, 0.2) is 12.2 Å². The maximum atomic E-state index is 14.2. The molecule has 7 aliphatic rings. The number of ketones is 1. The highest BCUT2D eigenvalue weighted by molar-refractivity contribution is 5.99. The van der Waals surface area contributed by atoms with Gasteiger partial charge < -0.3 is 39.4 Å². The Balaban J connectivity index is 1.53. The Morgan fingerprint density at radius 1 is 1.03 bits per heavy atom. The minimum atomic E-state index is -2.40. The zero-order chi connectivity index (χ0) is 28.0. The molecule has 218 valence electrons. The van der Waals surface area contributed by atoms with Crippen LogP contribution in [-0.2, 0) is 23.7 Å². The first-order chi connectivity index (χ1) is 18.3. The average molecular weight is 549 g/mol. The predicted molar refractivity (Wildman–Crippen MR) is 137 cm³/mol. The first kappa shape index (κ1) is 27.0. The van der Waals surface area contributed by atoms with Gasteiger partial charge in [-0.1, -0.05) is 52.5 Å². The van der Waals surface area contributed by atoms with Gasteiger partial charge in [0.2, 0.25) is 0 Å². The van der Waals surface area contributed by atoms with Crippen molar-refractivity contribution in [1.29, 1.82) is 0 Å². The van der Waals surface area contributed by atoms with E-state index in [0.29, 0.717) is 12.8 Å². The number of fused-ring (bicyclic) bond motifs is 1. The predicted octanol–water partition coefficient (Wildman–Crippen LogP) is 1.98. The van der Waals surface area contributed by atoms with Crippen LogP contribution < -0.4 is 0 Å². The third-order valence-electron chi connectivity index (χ3n) is 12.2. The highest BCUT2D eigenvalue weighted by atomic mass is 16.9. The van der Waals surface area contributed by atoms with Gasteiger partial charge in [0.25, 0.3) is 5.97 Å². The summed E-state index contributed by atoms with van der Waals surface area (Å²) < 4.78 is 27.0. The second-order valence-electron chi connectivity index (χ2n) is 14.2. The van der Waals surface area contributed by atoms with Gasteiger partial charge >= 0.3 is 0 Å². The number of epoxide rings is 1. The number of carbonyl (C=O) groups is 1. The minimum Gasteiger partial charge on any atom is -0.393 e. The molecule has 4 N–H and O–H groups in total. The number of aliphatic hydroxyl groups excluding tert-OH is 2. The maximum absolute atomic E-state index is 14.2. The first-order valence-electron chi connectivity index (χ1n) is 15.0. The lowest BCUT2D eigenvalue weighted by Crippen LogP contribution is -2.73. The molecule has 0 amide bonds. The number of ether oxygens (including phenoxy) is 4. The van der Waals surface area contributed by atoms with Crippen LogP contribution >= 0.6 is 0 Å². The van der Waals surface area contributed by atoms with Gasteiger partial charge in [-0.2, -0.15) is 0 Å². The van der Waals surface area contributed by atoms with Gasteiger partial charge in [-0.3, -0.25) is 4.79 Å². The van der Waals surface area contributed by atoms with Crippen LogP contribution in [0, 0.1) is 29.6 Å². The molecule has 39 heavy (non-hydrogen) atoms. The molecule has 7 rings (SSSR count). The van der Waals surface area contributed by atoms with E-state index in [4.69, 9.17) is 18.9 Å². The fraction of sp³-hybridized carbons (Fsp3) is 0.900. The number of Topliss-reactive ketones (excluding diaryl/α,β-unsaturated/α-hetero) is 1. The van der Waals surface area contributed by atoms with E-state index < -0.39 is 82.4 Å². The summed E-state index contributed by atoms with van der Waals surface area (Å²) in [5, 5.41) is 47.2. The Morgan fingerprint density at radius 2 is 1.72 bits per heavy atom. The van der Waals surface area contributed by atoms with E-state index in [9.17, 15) is 25.2 Å². The monoisotopic (exact) mass is 548 g/mol. The average Bonchev–Trinajstić information content (AvgIpc) is 3.53. The van der Waals surface area contributed by atoms with Gasteiger partial charge in [-0.15, -0.1) is 0 Å². The van der Waals surface area contributed by atoms with E-state index in [0.717, 1.165) is 44.1 Å². The second-order valence-corrected chi connectivity index (χ2v) is 14.2. The van der Waals surface area contributed by atoms with Crippen molar-refractivity contribution >= 4 is 5.78 Å². The second kappa shape index (κ2) is 7.92. The highest BCUT2D eigenvalue weighted by Gasteiger charge is 2.91. The van der Waals surface area contributed by atoms with Crippen molar-refractivity contribution in [3.05, 3.63) is 12.2 Å². The standard InChI is InChI=1S/C30H44O9/c1-15(2)26-13-17(4)30-19-21(26)37-28(38-26,39-30)12-10-8-6-7-9-11-16(3)18-20(30)29(35,23(32)25(18,5)34)24(33)27(14-31)22(19)36-27/h16-22,24,31,33-35H,1,6-14H2,2-5H3/t16-,17-,18-,19-,20-,21-,22+,24-,25+,26-,27+,28?,29-,30-/m1/s1. The van der Waals surface area contributed by atoms with E-state index >= 15 is 0 Å². The Kier molecular flexibility index (Phi) is 5.48. The molecule has 4 saturated heterocycles.